The van der Waals surface area contributed by atoms with Gasteiger partial charge < -0.3 is 10.4 Å². The van der Waals surface area contributed by atoms with Gasteiger partial charge in [0.05, 0.1) is 11.8 Å². The molecule has 1 fully saturated rings. The molecule has 0 radical (unpaired) electrons. The second kappa shape index (κ2) is 6.13. The fourth-order valence-electron chi connectivity index (χ4n) is 3.66. The fourth-order valence-corrected chi connectivity index (χ4v) is 3.87. The first kappa shape index (κ1) is 15.1. The first-order valence-corrected chi connectivity index (χ1v) is 7.87. The molecule has 3 rings (SSSR count). The van der Waals surface area contributed by atoms with Gasteiger partial charge in [-0.3, -0.25) is 9.59 Å². The van der Waals surface area contributed by atoms with Crippen molar-refractivity contribution in [2.75, 3.05) is 6.54 Å². The Morgan fingerprint density at radius 1 is 1.23 bits per heavy atom. The van der Waals surface area contributed by atoms with Gasteiger partial charge >= 0.3 is 5.97 Å². The summed E-state index contributed by atoms with van der Waals surface area (Å²) in [5.41, 5.74) is 1.05. The van der Waals surface area contributed by atoms with Crippen molar-refractivity contribution in [1.82, 2.24) is 5.32 Å². The lowest BCUT2D eigenvalue weighted by atomic mass is 9.82. The van der Waals surface area contributed by atoms with Gasteiger partial charge in [-0.15, -0.1) is 0 Å². The third-order valence-corrected chi connectivity index (χ3v) is 4.88. The van der Waals surface area contributed by atoms with Gasteiger partial charge in [0.15, 0.2) is 0 Å². The Balaban J connectivity index is 1.58. The van der Waals surface area contributed by atoms with E-state index in [2.05, 4.69) is 5.32 Å². The molecule has 0 saturated heterocycles. The first-order valence-electron chi connectivity index (χ1n) is 7.49. The summed E-state index contributed by atoms with van der Waals surface area (Å²) in [4.78, 5) is 23.8. The van der Waals surface area contributed by atoms with Crippen molar-refractivity contribution in [3.8, 4) is 0 Å². The largest absolute Gasteiger partial charge is 0.481 e. The summed E-state index contributed by atoms with van der Waals surface area (Å²) in [5.74, 6) is -1.96. The van der Waals surface area contributed by atoms with E-state index in [1.807, 2.05) is 36.4 Å². The van der Waals surface area contributed by atoms with Crippen molar-refractivity contribution in [2.24, 2.45) is 23.7 Å². The molecule has 4 nitrogen and oxygen atoms in total. The second-order valence-corrected chi connectivity index (χ2v) is 6.45. The molecule has 4 atom stereocenters. The lowest BCUT2D eigenvalue weighted by Gasteiger charge is -2.23. The Hall–Kier alpha value is -1.81. The highest BCUT2D eigenvalue weighted by Crippen LogP contribution is 2.48. The van der Waals surface area contributed by atoms with E-state index in [0.29, 0.717) is 18.0 Å². The van der Waals surface area contributed by atoms with Crippen molar-refractivity contribution in [2.45, 2.75) is 12.8 Å². The van der Waals surface area contributed by atoms with Crippen LogP contribution in [0.25, 0.3) is 0 Å². The number of benzene rings is 1. The number of carboxylic acids is 1. The average Bonchev–Trinajstić information content (AvgIpc) is 3.07. The van der Waals surface area contributed by atoms with Gasteiger partial charge in [-0.1, -0.05) is 35.9 Å². The van der Waals surface area contributed by atoms with Crippen LogP contribution in [0.2, 0.25) is 5.02 Å². The Morgan fingerprint density at radius 3 is 2.64 bits per heavy atom. The minimum atomic E-state index is -0.869. The summed E-state index contributed by atoms with van der Waals surface area (Å²) in [6, 6.07) is 7.51. The van der Waals surface area contributed by atoms with Gasteiger partial charge in [-0.2, -0.15) is 0 Å². The van der Waals surface area contributed by atoms with E-state index in [1.165, 1.54) is 0 Å². The number of rotatable bonds is 5. The molecule has 1 amide bonds. The number of nitrogens with one attached hydrogen (secondary N) is 1. The van der Waals surface area contributed by atoms with Crippen LogP contribution in [-0.2, 0) is 16.0 Å². The highest BCUT2D eigenvalue weighted by Gasteiger charge is 2.51. The van der Waals surface area contributed by atoms with Crippen LogP contribution in [0.4, 0.5) is 0 Å². The summed E-state index contributed by atoms with van der Waals surface area (Å²) < 4.78 is 0. The predicted octanol–water partition coefficient (Wildman–Crippen LogP) is 2.52. The first-order chi connectivity index (χ1) is 10.6. The Kier molecular flexibility index (Phi) is 4.21. The molecule has 2 aliphatic rings. The molecule has 1 saturated carbocycles. The van der Waals surface area contributed by atoms with Gasteiger partial charge in [-0.25, -0.2) is 0 Å². The summed E-state index contributed by atoms with van der Waals surface area (Å²) in [6.45, 7) is 0.489. The molecule has 0 heterocycles. The summed E-state index contributed by atoms with van der Waals surface area (Å²) >= 11 is 5.93. The SMILES string of the molecule is O=C(O)[C@@H]1[C@H](C(=O)NCCc2cccc(Cl)c2)[C@H]2C=C[C@H]1C2. The lowest BCUT2D eigenvalue weighted by Crippen LogP contribution is -2.40. The number of carboxylic acid groups (broad SMARTS) is 1. The zero-order valence-corrected chi connectivity index (χ0v) is 12.8. The van der Waals surface area contributed by atoms with Crippen LogP contribution in [-0.4, -0.2) is 23.5 Å². The molecule has 116 valence electrons. The average molecular weight is 320 g/mol. The van der Waals surface area contributed by atoms with Gasteiger partial charge in [0.2, 0.25) is 5.91 Å². The molecule has 0 aliphatic heterocycles. The van der Waals surface area contributed by atoms with Crippen LogP contribution >= 0.6 is 11.6 Å². The molecule has 1 aromatic rings. The highest BCUT2D eigenvalue weighted by molar-refractivity contribution is 6.30. The van der Waals surface area contributed by atoms with Crippen molar-refractivity contribution in [3.63, 3.8) is 0 Å². The van der Waals surface area contributed by atoms with Gasteiger partial charge in [0, 0.05) is 11.6 Å². The van der Waals surface area contributed by atoms with E-state index >= 15 is 0 Å². The third-order valence-electron chi connectivity index (χ3n) is 4.65. The molecule has 0 spiro atoms. The minimum Gasteiger partial charge on any atom is -0.481 e. The van der Waals surface area contributed by atoms with Crippen molar-refractivity contribution in [3.05, 3.63) is 47.0 Å². The number of carbonyl (C=O) groups excluding carboxylic acids is 1. The van der Waals surface area contributed by atoms with Gasteiger partial charge in [0.1, 0.15) is 0 Å². The van der Waals surface area contributed by atoms with E-state index < -0.39 is 17.8 Å². The van der Waals surface area contributed by atoms with Crippen LogP contribution in [0.5, 0.6) is 0 Å². The van der Waals surface area contributed by atoms with E-state index in [9.17, 15) is 14.7 Å². The monoisotopic (exact) mass is 319 g/mol. The van der Waals surface area contributed by atoms with E-state index in [4.69, 9.17) is 11.6 Å². The summed E-state index contributed by atoms with van der Waals surface area (Å²) in [5, 5.41) is 12.9. The van der Waals surface area contributed by atoms with Crippen molar-refractivity contribution in [1.29, 1.82) is 0 Å². The maximum Gasteiger partial charge on any atom is 0.307 e. The number of amides is 1. The molecule has 0 unspecified atom stereocenters. The van der Waals surface area contributed by atoms with Crippen LogP contribution in [0.1, 0.15) is 12.0 Å². The van der Waals surface area contributed by atoms with E-state index in [1.54, 1.807) is 0 Å². The quantitative estimate of drug-likeness (QED) is 0.820. The van der Waals surface area contributed by atoms with E-state index in [-0.39, 0.29) is 17.7 Å². The topological polar surface area (TPSA) is 66.4 Å². The number of allylic oxidation sites excluding steroid dienone is 2. The standard InChI is InChI=1S/C17H18ClNO3/c18-13-3-1-2-10(8-13)6-7-19-16(20)14-11-4-5-12(9-11)15(14)17(21)22/h1-5,8,11-12,14-15H,6-7,9H2,(H,19,20)(H,21,22)/t11-,12-,14+,15-/m0/s1. The number of aliphatic carboxylic acids is 1. The summed E-state index contributed by atoms with van der Waals surface area (Å²) in [7, 11) is 0. The second-order valence-electron chi connectivity index (χ2n) is 6.01. The Morgan fingerprint density at radius 2 is 1.95 bits per heavy atom. The number of carbonyl (C=O) groups is 2. The Bertz CT molecular complexity index is 628. The summed E-state index contributed by atoms with van der Waals surface area (Å²) in [6.07, 6.45) is 5.40. The normalized spacial score (nSPS) is 28.8. The highest BCUT2D eigenvalue weighted by atomic mass is 35.5. The number of hydrogen-bond donors (Lipinski definition) is 2. The molecular formula is C17H18ClNO3. The number of fused-ring (bicyclic) bond motifs is 2. The molecule has 0 aromatic heterocycles. The molecule has 1 aromatic carbocycles. The van der Waals surface area contributed by atoms with Gasteiger partial charge in [0.25, 0.3) is 0 Å². The van der Waals surface area contributed by atoms with Crippen LogP contribution in [0, 0.1) is 23.7 Å². The van der Waals surface area contributed by atoms with Crippen LogP contribution < -0.4 is 5.32 Å². The van der Waals surface area contributed by atoms with Crippen molar-refractivity contribution >= 4 is 23.5 Å². The predicted molar refractivity (Wildman–Crippen MR) is 83.5 cm³/mol. The Labute approximate surface area is 134 Å². The molecular weight excluding hydrogens is 302 g/mol. The zero-order valence-electron chi connectivity index (χ0n) is 12.0. The zero-order chi connectivity index (χ0) is 15.7. The number of halogens is 1. The van der Waals surface area contributed by atoms with Crippen LogP contribution in [0.3, 0.4) is 0 Å². The third kappa shape index (κ3) is 2.88. The molecule has 2 aliphatic carbocycles. The number of hydrogen-bond acceptors (Lipinski definition) is 2. The van der Waals surface area contributed by atoms with E-state index in [0.717, 1.165) is 12.0 Å². The van der Waals surface area contributed by atoms with Gasteiger partial charge in [-0.05, 0) is 42.4 Å². The molecule has 22 heavy (non-hydrogen) atoms. The molecule has 5 heteroatoms. The fraction of sp³-hybridized carbons (Fsp3) is 0.412. The minimum absolute atomic E-state index is 0.00572. The van der Waals surface area contributed by atoms with Crippen molar-refractivity contribution < 1.29 is 14.7 Å². The molecule has 2 N–H and O–H groups in total. The maximum atomic E-state index is 12.4. The molecule has 2 bridgehead atoms. The maximum absolute atomic E-state index is 12.4. The van der Waals surface area contributed by atoms with Crippen LogP contribution in [0.15, 0.2) is 36.4 Å². The smallest absolute Gasteiger partial charge is 0.307 e. The lowest BCUT2D eigenvalue weighted by molar-refractivity contribution is -0.147.